The highest BCUT2D eigenvalue weighted by Gasteiger charge is 2.22. The maximum atomic E-state index is 11.8. The normalized spacial score (nSPS) is 17.5. The second-order valence-electron chi connectivity index (χ2n) is 5.18. The van der Waals surface area contributed by atoms with E-state index in [0.717, 1.165) is 31.7 Å². The molecule has 0 aliphatic carbocycles. The Labute approximate surface area is 119 Å². The van der Waals surface area contributed by atoms with Gasteiger partial charge in [0, 0.05) is 30.6 Å². The number of benzene rings is 1. The minimum atomic E-state index is -0.376. The van der Waals surface area contributed by atoms with Gasteiger partial charge in [0.05, 0.1) is 12.7 Å². The molecule has 1 aliphatic rings. The molecule has 0 aromatic heterocycles. The summed E-state index contributed by atoms with van der Waals surface area (Å²) >= 11 is 0. The molecule has 1 aromatic rings. The van der Waals surface area contributed by atoms with Gasteiger partial charge in [-0.2, -0.15) is 0 Å². The van der Waals surface area contributed by atoms with E-state index in [1.165, 1.54) is 7.11 Å². The minimum Gasteiger partial charge on any atom is -0.465 e. The van der Waals surface area contributed by atoms with Crippen molar-refractivity contribution in [2.24, 2.45) is 5.92 Å². The lowest BCUT2D eigenvalue weighted by Gasteiger charge is -2.29. The lowest BCUT2D eigenvalue weighted by molar-refractivity contribution is 0.0597. The zero-order chi connectivity index (χ0) is 14.5. The van der Waals surface area contributed by atoms with Gasteiger partial charge in [-0.15, -0.1) is 0 Å². The van der Waals surface area contributed by atoms with Crippen molar-refractivity contribution in [3.8, 4) is 0 Å². The number of carbonyl (C=O) groups excluding carboxylic acids is 1. The molecule has 1 heterocycles. The summed E-state index contributed by atoms with van der Waals surface area (Å²) in [6, 6.07) is 5.53. The molecular weight excluding hydrogens is 256 g/mol. The van der Waals surface area contributed by atoms with Crippen molar-refractivity contribution >= 4 is 17.3 Å². The van der Waals surface area contributed by atoms with Gasteiger partial charge in [0.2, 0.25) is 0 Å². The molecule has 20 heavy (non-hydrogen) atoms. The number of carbonyl (C=O) groups is 1. The van der Waals surface area contributed by atoms with Gasteiger partial charge in [-0.1, -0.05) is 0 Å². The van der Waals surface area contributed by atoms with E-state index < -0.39 is 0 Å². The first kappa shape index (κ1) is 14.7. The molecule has 1 aromatic carbocycles. The molecule has 0 radical (unpaired) electrons. The number of nitrogens with two attached hydrogens (primary N) is 1. The van der Waals surface area contributed by atoms with Crippen LogP contribution in [-0.4, -0.2) is 32.3 Å². The van der Waals surface area contributed by atoms with Crippen molar-refractivity contribution in [1.29, 1.82) is 0 Å². The number of esters is 1. The van der Waals surface area contributed by atoms with Crippen molar-refractivity contribution in [2.75, 3.05) is 31.4 Å². The maximum absolute atomic E-state index is 11.8. The van der Waals surface area contributed by atoms with E-state index >= 15 is 0 Å². The number of nitrogens with one attached hydrogen (secondary N) is 1. The van der Waals surface area contributed by atoms with Gasteiger partial charge in [-0.3, -0.25) is 0 Å². The highest BCUT2D eigenvalue weighted by molar-refractivity contribution is 5.96. The first-order valence-electron chi connectivity index (χ1n) is 6.94. The molecule has 0 bridgehead atoms. The molecule has 1 aliphatic heterocycles. The first-order valence-corrected chi connectivity index (χ1v) is 6.94. The molecule has 1 fully saturated rings. The van der Waals surface area contributed by atoms with Gasteiger partial charge >= 0.3 is 5.97 Å². The summed E-state index contributed by atoms with van der Waals surface area (Å²) in [6.07, 6.45) is 2.08. The van der Waals surface area contributed by atoms with E-state index in [1.54, 1.807) is 12.1 Å². The summed E-state index contributed by atoms with van der Waals surface area (Å²) in [5.41, 5.74) is 7.54. The summed E-state index contributed by atoms with van der Waals surface area (Å²) in [5.74, 6) is 0.172. The fraction of sp³-hybridized carbons (Fsp3) is 0.533. The molecule has 0 amide bonds. The predicted molar refractivity (Wildman–Crippen MR) is 78.8 cm³/mol. The lowest BCUT2D eigenvalue weighted by atomic mass is 9.92. The SMILES string of the molecule is COC(=O)c1cc(N)ccc1NC(C)C1CCOCC1. The van der Waals surface area contributed by atoms with Gasteiger partial charge in [0.15, 0.2) is 0 Å². The van der Waals surface area contributed by atoms with E-state index in [2.05, 4.69) is 12.2 Å². The third kappa shape index (κ3) is 3.42. The average Bonchev–Trinajstić information content (AvgIpc) is 2.49. The van der Waals surface area contributed by atoms with Crippen molar-refractivity contribution in [3.63, 3.8) is 0 Å². The molecule has 1 unspecified atom stereocenters. The number of nitrogen functional groups attached to an aromatic ring is 1. The number of hydrogen-bond donors (Lipinski definition) is 2. The van der Waals surface area contributed by atoms with Crippen LogP contribution in [0.3, 0.4) is 0 Å². The fourth-order valence-electron chi connectivity index (χ4n) is 2.55. The summed E-state index contributed by atoms with van der Waals surface area (Å²) in [6.45, 7) is 3.75. The Kier molecular flexibility index (Phi) is 4.84. The van der Waals surface area contributed by atoms with Gasteiger partial charge < -0.3 is 20.5 Å². The number of methoxy groups -OCH3 is 1. The van der Waals surface area contributed by atoms with Gasteiger partial charge in [0.1, 0.15) is 0 Å². The van der Waals surface area contributed by atoms with E-state index in [4.69, 9.17) is 15.2 Å². The molecule has 0 spiro atoms. The van der Waals surface area contributed by atoms with Crippen LogP contribution in [0, 0.1) is 5.92 Å². The van der Waals surface area contributed by atoms with Crippen molar-refractivity contribution in [1.82, 2.24) is 0 Å². The average molecular weight is 278 g/mol. The Morgan fingerprint density at radius 1 is 1.45 bits per heavy atom. The molecule has 1 atom stereocenters. The van der Waals surface area contributed by atoms with E-state index in [0.29, 0.717) is 17.2 Å². The smallest absolute Gasteiger partial charge is 0.340 e. The Bertz CT molecular complexity index is 470. The highest BCUT2D eigenvalue weighted by Crippen LogP contribution is 2.25. The van der Waals surface area contributed by atoms with Gasteiger partial charge in [-0.05, 0) is 43.9 Å². The second-order valence-corrected chi connectivity index (χ2v) is 5.18. The Hall–Kier alpha value is -1.75. The van der Waals surface area contributed by atoms with Gasteiger partial charge in [-0.25, -0.2) is 4.79 Å². The van der Waals surface area contributed by atoms with Crippen LogP contribution >= 0.6 is 0 Å². The maximum Gasteiger partial charge on any atom is 0.340 e. The zero-order valence-corrected chi connectivity index (χ0v) is 12.0. The summed E-state index contributed by atoms with van der Waals surface area (Å²) in [4.78, 5) is 11.8. The topological polar surface area (TPSA) is 73.6 Å². The van der Waals surface area contributed by atoms with Crippen molar-refractivity contribution in [2.45, 2.75) is 25.8 Å². The Morgan fingerprint density at radius 2 is 2.15 bits per heavy atom. The quantitative estimate of drug-likeness (QED) is 0.653. The molecular formula is C15H22N2O3. The molecule has 5 heteroatoms. The van der Waals surface area contributed by atoms with Crippen LogP contribution in [-0.2, 0) is 9.47 Å². The van der Waals surface area contributed by atoms with Crippen LogP contribution < -0.4 is 11.1 Å². The largest absolute Gasteiger partial charge is 0.465 e. The summed E-state index contributed by atoms with van der Waals surface area (Å²) in [7, 11) is 1.37. The molecule has 0 saturated carbocycles. The van der Waals surface area contributed by atoms with E-state index in [1.807, 2.05) is 6.07 Å². The van der Waals surface area contributed by atoms with Crippen LogP contribution in [0.5, 0.6) is 0 Å². The van der Waals surface area contributed by atoms with Crippen LogP contribution in [0.2, 0.25) is 0 Å². The number of rotatable bonds is 4. The predicted octanol–water partition coefficient (Wildman–Crippen LogP) is 2.28. The number of anilines is 2. The zero-order valence-electron chi connectivity index (χ0n) is 12.0. The molecule has 2 rings (SSSR count). The monoisotopic (exact) mass is 278 g/mol. The van der Waals surface area contributed by atoms with Crippen molar-refractivity contribution < 1.29 is 14.3 Å². The van der Waals surface area contributed by atoms with Crippen LogP contribution in [0.15, 0.2) is 18.2 Å². The molecule has 1 saturated heterocycles. The lowest BCUT2D eigenvalue weighted by Crippen LogP contribution is -2.31. The Morgan fingerprint density at radius 3 is 2.80 bits per heavy atom. The molecule has 5 nitrogen and oxygen atoms in total. The number of ether oxygens (including phenoxy) is 2. The highest BCUT2D eigenvalue weighted by atomic mass is 16.5. The van der Waals surface area contributed by atoms with Gasteiger partial charge in [0.25, 0.3) is 0 Å². The summed E-state index contributed by atoms with van der Waals surface area (Å²) in [5, 5.41) is 3.41. The second kappa shape index (κ2) is 6.61. The third-order valence-electron chi connectivity index (χ3n) is 3.81. The van der Waals surface area contributed by atoms with Crippen LogP contribution in [0.25, 0.3) is 0 Å². The molecule has 3 N–H and O–H groups in total. The van der Waals surface area contributed by atoms with Crippen LogP contribution in [0.1, 0.15) is 30.1 Å². The fourth-order valence-corrected chi connectivity index (χ4v) is 2.55. The summed E-state index contributed by atoms with van der Waals surface area (Å²) < 4.78 is 10.2. The van der Waals surface area contributed by atoms with E-state index in [-0.39, 0.29) is 12.0 Å². The first-order chi connectivity index (χ1) is 9.61. The van der Waals surface area contributed by atoms with Crippen LogP contribution in [0.4, 0.5) is 11.4 Å². The molecule has 110 valence electrons. The standard InChI is InChI=1S/C15H22N2O3/c1-10(11-5-7-20-8-6-11)17-14-4-3-12(16)9-13(14)15(18)19-2/h3-4,9-11,17H,5-8,16H2,1-2H3. The van der Waals surface area contributed by atoms with Crippen molar-refractivity contribution in [3.05, 3.63) is 23.8 Å². The number of hydrogen-bond acceptors (Lipinski definition) is 5. The Balaban J connectivity index is 2.13. The third-order valence-corrected chi connectivity index (χ3v) is 3.81. The van der Waals surface area contributed by atoms with E-state index in [9.17, 15) is 4.79 Å². The minimum absolute atomic E-state index is 0.269.